The molecule has 1 atom stereocenters. The molecule has 0 radical (unpaired) electrons. The molecule has 2 nitrogen and oxygen atoms in total. The lowest BCUT2D eigenvalue weighted by Gasteiger charge is -2.36. The van der Waals surface area contributed by atoms with E-state index in [-0.39, 0.29) is 0 Å². The summed E-state index contributed by atoms with van der Waals surface area (Å²) in [5, 5.41) is 8.91. The van der Waals surface area contributed by atoms with Gasteiger partial charge >= 0.3 is 0 Å². The van der Waals surface area contributed by atoms with Crippen molar-refractivity contribution in [3.8, 4) is 0 Å². The van der Waals surface area contributed by atoms with Crippen molar-refractivity contribution in [1.29, 1.82) is 0 Å². The Kier molecular flexibility index (Phi) is 4.56. The summed E-state index contributed by atoms with van der Waals surface area (Å²) in [7, 11) is 0. The Bertz CT molecular complexity index is 852. The van der Waals surface area contributed by atoms with Gasteiger partial charge < -0.3 is 5.32 Å². The van der Waals surface area contributed by atoms with Crippen molar-refractivity contribution in [1.82, 2.24) is 10.2 Å². The number of nitrogens with one attached hydrogen (secondary N) is 1. The second-order valence-corrected chi connectivity index (χ2v) is 7.20. The molecular weight excluding hydrogens is 304 g/mol. The van der Waals surface area contributed by atoms with Crippen LogP contribution in [-0.4, -0.2) is 31.1 Å². The van der Waals surface area contributed by atoms with Crippen molar-refractivity contribution >= 4 is 21.5 Å². The highest BCUT2D eigenvalue weighted by molar-refractivity contribution is 6.02. The summed E-state index contributed by atoms with van der Waals surface area (Å²) < 4.78 is 0. The average molecular weight is 330 g/mol. The van der Waals surface area contributed by atoms with Gasteiger partial charge in [-0.1, -0.05) is 54.1 Å². The van der Waals surface area contributed by atoms with Crippen LogP contribution in [0.4, 0.5) is 0 Å². The van der Waals surface area contributed by atoms with E-state index in [1.54, 1.807) is 0 Å². The molecule has 1 heterocycles. The van der Waals surface area contributed by atoms with E-state index in [1.165, 1.54) is 32.7 Å². The molecule has 0 amide bonds. The zero-order chi connectivity index (χ0) is 17.2. The van der Waals surface area contributed by atoms with Gasteiger partial charge in [0.05, 0.1) is 0 Å². The maximum Gasteiger partial charge on any atom is 0.0398 e. The molecule has 3 aromatic rings. The Hall–Kier alpha value is -2.16. The molecular formula is C23H26N2. The number of nitrogens with zero attached hydrogens (tertiary/aromatic N) is 1. The van der Waals surface area contributed by atoms with Gasteiger partial charge in [-0.15, -0.1) is 6.58 Å². The van der Waals surface area contributed by atoms with Crippen molar-refractivity contribution in [2.75, 3.05) is 26.2 Å². The molecule has 4 rings (SSSR count). The summed E-state index contributed by atoms with van der Waals surface area (Å²) in [6.45, 7) is 10.7. The molecule has 1 fully saturated rings. The molecule has 0 spiro atoms. The van der Waals surface area contributed by atoms with E-state index < -0.39 is 0 Å². The fourth-order valence-electron chi connectivity index (χ4n) is 4.15. The van der Waals surface area contributed by atoms with E-state index in [1.807, 2.05) is 0 Å². The summed E-state index contributed by atoms with van der Waals surface area (Å²) >= 11 is 0. The largest absolute Gasteiger partial charge is 0.314 e. The molecule has 1 saturated heterocycles. The zero-order valence-corrected chi connectivity index (χ0v) is 15.0. The fraction of sp³-hybridized carbons (Fsp3) is 0.304. The van der Waals surface area contributed by atoms with Gasteiger partial charge in [0, 0.05) is 32.2 Å². The average Bonchev–Trinajstić information content (AvgIpc) is 2.65. The van der Waals surface area contributed by atoms with Gasteiger partial charge in [0.2, 0.25) is 0 Å². The number of benzene rings is 3. The normalized spacial score (nSPS) is 17.0. The lowest BCUT2D eigenvalue weighted by molar-refractivity contribution is 0.174. The second-order valence-electron chi connectivity index (χ2n) is 7.20. The highest BCUT2D eigenvalue weighted by Crippen LogP contribution is 2.38. The standard InChI is InChI=1S/C23H26N2/c1-17(2)15-22(25-13-11-24-12-14-25)23-20-9-5-3-7-18(20)16-19-8-4-6-10-21(19)23/h3-10,16,22,24H,1,11-15H2,2H3/t22-/m1/s1. The van der Waals surface area contributed by atoms with Gasteiger partial charge in [-0.05, 0) is 46.5 Å². The van der Waals surface area contributed by atoms with Crippen LogP contribution in [-0.2, 0) is 0 Å². The van der Waals surface area contributed by atoms with Crippen LogP contribution in [0, 0.1) is 0 Å². The molecule has 0 unspecified atom stereocenters. The van der Waals surface area contributed by atoms with Gasteiger partial charge in [-0.3, -0.25) is 4.90 Å². The lowest BCUT2D eigenvalue weighted by atomic mass is 9.88. The van der Waals surface area contributed by atoms with Crippen LogP contribution < -0.4 is 5.32 Å². The second kappa shape index (κ2) is 6.99. The van der Waals surface area contributed by atoms with Crippen LogP contribution >= 0.6 is 0 Å². The van der Waals surface area contributed by atoms with Crippen LogP contribution in [0.5, 0.6) is 0 Å². The molecule has 1 N–H and O–H groups in total. The monoisotopic (exact) mass is 330 g/mol. The first-order valence-corrected chi connectivity index (χ1v) is 9.23. The summed E-state index contributed by atoms with van der Waals surface area (Å²) in [6, 6.07) is 20.3. The number of fused-ring (bicyclic) bond motifs is 2. The predicted octanol–water partition coefficient (Wildman–Crippen LogP) is 4.91. The zero-order valence-electron chi connectivity index (χ0n) is 15.0. The highest BCUT2D eigenvalue weighted by atomic mass is 15.2. The first kappa shape index (κ1) is 16.3. The van der Waals surface area contributed by atoms with Crippen molar-refractivity contribution < 1.29 is 0 Å². The van der Waals surface area contributed by atoms with E-state index in [9.17, 15) is 0 Å². The van der Waals surface area contributed by atoms with Crippen molar-refractivity contribution in [3.63, 3.8) is 0 Å². The van der Waals surface area contributed by atoms with E-state index in [0.717, 1.165) is 32.6 Å². The number of hydrogen-bond acceptors (Lipinski definition) is 2. The summed E-state index contributed by atoms with van der Waals surface area (Å²) in [5.41, 5.74) is 2.72. The summed E-state index contributed by atoms with van der Waals surface area (Å²) in [4.78, 5) is 2.64. The van der Waals surface area contributed by atoms with E-state index >= 15 is 0 Å². The summed E-state index contributed by atoms with van der Waals surface area (Å²) in [6.07, 6.45) is 1.01. The maximum absolute atomic E-state index is 4.23. The van der Waals surface area contributed by atoms with Crippen molar-refractivity contribution in [2.24, 2.45) is 0 Å². The molecule has 25 heavy (non-hydrogen) atoms. The van der Waals surface area contributed by atoms with Crippen LogP contribution in [0.3, 0.4) is 0 Å². The van der Waals surface area contributed by atoms with Crippen molar-refractivity contribution in [3.05, 3.63) is 72.3 Å². The Morgan fingerprint density at radius 2 is 1.56 bits per heavy atom. The Labute approximate surface area is 150 Å². The molecule has 0 saturated carbocycles. The third kappa shape index (κ3) is 3.20. The number of piperazine rings is 1. The molecule has 1 aliphatic rings. The molecule has 0 aliphatic carbocycles. The Morgan fingerprint density at radius 1 is 1.00 bits per heavy atom. The first-order chi connectivity index (χ1) is 12.2. The lowest BCUT2D eigenvalue weighted by Crippen LogP contribution is -2.45. The molecule has 0 bridgehead atoms. The molecule has 2 heteroatoms. The minimum atomic E-state index is 0.385. The van der Waals surface area contributed by atoms with Crippen LogP contribution in [0.25, 0.3) is 21.5 Å². The quantitative estimate of drug-likeness (QED) is 0.540. The molecule has 128 valence electrons. The van der Waals surface area contributed by atoms with E-state index in [0.29, 0.717) is 6.04 Å². The predicted molar refractivity (Wildman–Crippen MR) is 108 cm³/mol. The SMILES string of the molecule is C=C(C)C[C@H](c1c2ccccc2cc2ccccc12)N1CCNCC1. The fourth-order valence-corrected chi connectivity index (χ4v) is 4.15. The minimum absolute atomic E-state index is 0.385. The van der Waals surface area contributed by atoms with Crippen LogP contribution in [0.15, 0.2) is 66.7 Å². The Balaban J connectivity index is 1.97. The molecule has 1 aliphatic heterocycles. The number of hydrogen-bond donors (Lipinski definition) is 1. The van der Waals surface area contributed by atoms with E-state index in [2.05, 4.69) is 78.3 Å². The first-order valence-electron chi connectivity index (χ1n) is 9.23. The van der Waals surface area contributed by atoms with Gasteiger partial charge in [0.15, 0.2) is 0 Å². The van der Waals surface area contributed by atoms with Gasteiger partial charge in [0.25, 0.3) is 0 Å². The molecule has 0 aromatic heterocycles. The van der Waals surface area contributed by atoms with Gasteiger partial charge in [-0.2, -0.15) is 0 Å². The minimum Gasteiger partial charge on any atom is -0.314 e. The topological polar surface area (TPSA) is 15.3 Å². The van der Waals surface area contributed by atoms with Crippen LogP contribution in [0.1, 0.15) is 24.9 Å². The molecule has 3 aromatic carbocycles. The highest BCUT2D eigenvalue weighted by Gasteiger charge is 2.25. The van der Waals surface area contributed by atoms with Gasteiger partial charge in [0.1, 0.15) is 0 Å². The Morgan fingerprint density at radius 3 is 2.12 bits per heavy atom. The van der Waals surface area contributed by atoms with E-state index in [4.69, 9.17) is 0 Å². The van der Waals surface area contributed by atoms with Crippen molar-refractivity contribution in [2.45, 2.75) is 19.4 Å². The smallest absolute Gasteiger partial charge is 0.0398 e. The third-order valence-electron chi connectivity index (χ3n) is 5.28. The van der Waals surface area contributed by atoms with Crippen LogP contribution in [0.2, 0.25) is 0 Å². The third-order valence-corrected chi connectivity index (χ3v) is 5.28. The number of rotatable bonds is 4. The van der Waals surface area contributed by atoms with Gasteiger partial charge in [-0.25, -0.2) is 0 Å². The summed E-state index contributed by atoms with van der Waals surface area (Å²) in [5.74, 6) is 0. The maximum atomic E-state index is 4.23.